The van der Waals surface area contributed by atoms with Crippen LogP contribution in [0.2, 0.25) is 0 Å². The van der Waals surface area contributed by atoms with Gasteiger partial charge in [0.2, 0.25) is 0 Å². The SMILES string of the molecule is CC12CCC3(CC1CCC1C2CCC2(C)C1CCC2(C)O)N=N3. The summed E-state index contributed by atoms with van der Waals surface area (Å²) in [5.74, 6) is 3.31. The minimum atomic E-state index is -0.442. The summed E-state index contributed by atoms with van der Waals surface area (Å²) in [5, 5.41) is 19.8. The van der Waals surface area contributed by atoms with Crippen molar-refractivity contribution in [2.45, 2.75) is 89.8 Å². The molecule has 7 unspecified atom stereocenters. The molecule has 0 aromatic carbocycles. The first-order valence-electron chi connectivity index (χ1n) is 9.96. The van der Waals surface area contributed by atoms with Crippen molar-refractivity contribution in [2.24, 2.45) is 44.7 Å². The second-order valence-corrected chi connectivity index (χ2v) is 10.3. The fraction of sp³-hybridized carbons (Fsp3) is 1.00. The van der Waals surface area contributed by atoms with Gasteiger partial charge in [0.05, 0.1) is 5.60 Å². The summed E-state index contributed by atoms with van der Waals surface area (Å²) in [7, 11) is 0. The Bertz CT molecular complexity index is 564. The standard InChI is InChI=1S/C20H32N2O/c1-17-10-11-20(21-22-20)12-13(17)4-5-14-15(17)6-8-18(2)16(14)7-9-19(18,3)23/h13-16,23H,4-12H2,1-3H3. The molecule has 7 atom stereocenters. The molecule has 23 heavy (non-hydrogen) atoms. The van der Waals surface area contributed by atoms with E-state index in [4.69, 9.17) is 0 Å². The minimum Gasteiger partial charge on any atom is -0.390 e. The molecule has 0 bridgehead atoms. The largest absolute Gasteiger partial charge is 0.390 e. The predicted octanol–water partition coefficient (Wildman–Crippen LogP) is 4.94. The van der Waals surface area contributed by atoms with Crippen LogP contribution in [-0.4, -0.2) is 16.4 Å². The Morgan fingerprint density at radius 1 is 0.826 bits per heavy atom. The van der Waals surface area contributed by atoms with Gasteiger partial charge in [0, 0.05) is 0 Å². The lowest BCUT2D eigenvalue weighted by Crippen LogP contribution is -2.56. The van der Waals surface area contributed by atoms with Crippen LogP contribution in [0.25, 0.3) is 0 Å². The first-order chi connectivity index (χ1) is 10.8. The zero-order valence-electron chi connectivity index (χ0n) is 15.0. The van der Waals surface area contributed by atoms with E-state index in [-0.39, 0.29) is 11.1 Å². The van der Waals surface area contributed by atoms with Crippen LogP contribution in [0.4, 0.5) is 0 Å². The number of nitrogens with zero attached hydrogens (tertiary/aromatic N) is 2. The van der Waals surface area contributed by atoms with Gasteiger partial charge in [-0.2, -0.15) is 10.2 Å². The Hall–Kier alpha value is -0.440. The van der Waals surface area contributed by atoms with Crippen LogP contribution in [0.5, 0.6) is 0 Å². The molecule has 3 heteroatoms. The molecule has 4 fully saturated rings. The van der Waals surface area contributed by atoms with Crippen molar-refractivity contribution in [1.29, 1.82) is 0 Å². The van der Waals surface area contributed by atoms with Crippen LogP contribution < -0.4 is 0 Å². The lowest BCUT2D eigenvalue weighted by Gasteiger charge is -2.61. The van der Waals surface area contributed by atoms with E-state index in [0.29, 0.717) is 5.41 Å². The molecular formula is C20H32N2O. The molecule has 0 amide bonds. The van der Waals surface area contributed by atoms with Crippen LogP contribution in [0.3, 0.4) is 0 Å². The lowest BCUT2D eigenvalue weighted by molar-refractivity contribution is -0.148. The van der Waals surface area contributed by atoms with Crippen LogP contribution in [0, 0.1) is 34.5 Å². The molecule has 1 N–H and O–H groups in total. The molecule has 1 aliphatic heterocycles. The number of hydrogen-bond acceptors (Lipinski definition) is 3. The minimum absolute atomic E-state index is 0.0667. The third kappa shape index (κ3) is 1.75. The number of fused-ring (bicyclic) bond motifs is 5. The Labute approximate surface area is 140 Å². The highest BCUT2D eigenvalue weighted by Gasteiger charge is 2.64. The van der Waals surface area contributed by atoms with Crippen molar-refractivity contribution < 1.29 is 5.11 Å². The van der Waals surface area contributed by atoms with Gasteiger partial charge < -0.3 is 5.11 Å². The molecule has 4 aliphatic carbocycles. The lowest BCUT2D eigenvalue weighted by atomic mass is 9.44. The molecule has 3 nitrogen and oxygen atoms in total. The maximum Gasteiger partial charge on any atom is 0.191 e. The summed E-state index contributed by atoms with van der Waals surface area (Å²) < 4.78 is 0. The third-order valence-electron chi connectivity index (χ3n) is 9.65. The first-order valence-corrected chi connectivity index (χ1v) is 9.96. The van der Waals surface area contributed by atoms with Gasteiger partial charge in [-0.05, 0) is 99.2 Å². The summed E-state index contributed by atoms with van der Waals surface area (Å²) >= 11 is 0. The van der Waals surface area contributed by atoms with Crippen LogP contribution in [0.15, 0.2) is 10.2 Å². The van der Waals surface area contributed by atoms with Gasteiger partial charge in [-0.3, -0.25) is 0 Å². The van der Waals surface area contributed by atoms with Crippen molar-refractivity contribution >= 4 is 0 Å². The quantitative estimate of drug-likeness (QED) is 0.675. The number of aliphatic hydroxyl groups is 1. The van der Waals surface area contributed by atoms with Crippen molar-refractivity contribution in [3.05, 3.63) is 0 Å². The highest BCUT2D eigenvalue weighted by atomic mass is 16.3. The van der Waals surface area contributed by atoms with E-state index >= 15 is 0 Å². The van der Waals surface area contributed by atoms with E-state index in [9.17, 15) is 5.11 Å². The molecule has 128 valence electrons. The Balaban J connectivity index is 1.45. The average molecular weight is 316 g/mol. The molecule has 0 radical (unpaired) electrons. The second-order valence-electron chi connectivity index (χ2n) is 10.3. The molecule has 0 aromatic rings. The third-order valence-corrected chi connectivity index (χ3v) is 9.65. The zero-order chi connectivity index (χ0) is 16.1. The molecule has 0 saturated heterocycles. The molecule has 1 spiro atoms. The monoisotopic (exact) mass is 316 g/mol. The highest BCUT2D eigenvalue weighted by molar-refractivity contribution is 5.14. The van der Waals surface area contributed by atoms with Crippen LogP contribution >= 0.6 is 0 Å². The fourth-order valence-corrected chi connectivity index (χ4v) is 7.72. The van der Waals surface area contributed by atoms with Crippen LogP contribution in [0.1, 0.15) is 78.6 Å². The Morgan fingerprint density at radius 3 is 2.30 bits per heavy atom. The van der Waals surface area contributed by atoms with E-state index in [1.54, 1.807) is 0 Å². The van der Waals surface area contributed by atoms with E-state index < -0.39 is 5.60 Å². The summed E-state index contributed by atoms with van der Waals surface area (Å²) in [4.78, 5) is 0. The molecule has 0 aromatic heterocycles. The smallest absolute Gasteiger partial charge is 0.191 e. The Kier molecular flexibility index (Phi) is 2.72. The van der Waals surface area contributed by atoms with Gasteiger partial charge in [0.1, 0.15) is 0 Å². The van der Waals surface area contributed by atoms with Crippen molar-refractivity contribution in [3.8, 4) is 0 Å². The predicted molar refractivity (Wildman–Crippen MR) is 89.9 cm³/mol. The fourth-order valence-electron chi connectivity index (χ4n) is 7.72. The zero-order valence-corrected chi connectivity index (χ0v) is 15.0. The maximum atomic E-state index is 11.0. The van der Waals surface area contributed by atoms with Gasteiger partial charge in [-0.25, -0.2) is 0 Å². The highest BCUT2D eigenvalue weighted by Crippen LogP contribution is 2.69. The topological polar surface area (TPSA) is 45.0 Å². The van der Waals surface area contributed by atoms with Gasteiger partial charge in [-0.1, -0.05) is 13.8 Å². The molecular weight excluding hydrogens is 284 g/mol. The summed E-state index contributed by atoms with van der Waals surface area (Å²) in [6.07, 6.45) is 11.3. The van der Waals surface area contributed by atoms with Crippen molar-refractivity contribution in [2.75, 3.05) is 0 Å². The van der Waals surface area contributed by atoms with Gasteiger partial charge in [-0.15, -0.1) is 0 Å². The second kappa shape index (κ2) is 4.20. The van der Waals surface area contributed by atoms with E-state index in [2.05, 4.69) is 31.0 Å². The normalized spacial score (nSPS) is 59.3. The molecule has 5 aliphatic rings. The number of hydrogen-bond donors (Lipinski definition) is 1. The Morgan fingerprint density at radius 2 is 1.57 bits per heavy atom. The van der Waals surface area contributed by atoms with E-state index in [1.165, 1.54) is 51.4 Å². The summed E-state index contributed by atoms with van der Waals surface area (Å²) in [6.45, 7) is 7.10. The van der Waals surface area contributed by atoms with Crippen molar-refractivity contribution in [1.82, 2.24) is 0 Å². The maximum absolute atomic E-state index is 11.0. The molecule has 4 saturated carbocycles. The first kappa shape index (κ1) is 14.9. The van der Waals surface area contributed by atoms with Gasteiger partial charge in [0.25, 0.3) is 0 Å². The van der Waals surface area contributed by atoms with Gasteiger partial charge in [0.15, 0.2) is 5.66 Å². The summed E-state index contributed by atoms with van der Waals surface area (Å²) in [5.41, 5.74) is 0.298. The van der Waals surface area contributed by atoms with Crippen molar-refractivity contribution in [3.63, 3.8) is 0 Å². The van der Waals surface area contributed by atoms with E-state index in [1.807, 2.05) is 0 Å². The molecule has 1 heterocycles. The van der Waals surface area contributed by atoms with Gasteiger partial charge >= 0.3 is 0 Å². The molecule has 5 rings (SSSR count). The number of rotatable bonds is 0. The average Bonchev–Trinajstić information content (AvgIpc) is 3.21. The van der Waals surface area contributed by atoms with Crippen LogP contribution in [-0.2, 0) is 0 Å². The summed E-state index contributed by atoms with van der Waals surface area (Å²) in [6, 6.07) is 0. The van der Waals surface area contributed by atoms with E-state index in [0.717, 1.165) is 30.1 Å².